The van der Waals surface area contributed by atoms with E-state index in [9.17, 15) is 4.79 Å². The van der Waals surface area contributed by atoms with Gasteiger partial charge in [0, 0.05) is 19.7 Å². The lowest BCUT2D eigenvalue weighted by atomic mass is 10.2. The molecule has 0 aromatic rings. The van der Waals surface area contributed by atoms with Gasteiger partial charge in [-0.25, -0.2) is 4.79 Å². The highest BCUT2D eigenvalue weighted by atomic mass is 16.6. The second kappa shape index (κ2) is 9.77. The van der Waals surface area contributed by atoms with E-state index in [0.29, 0.717) is 13.2 Å². The molecule has 0 aliphatic heterocycles. The van der Waals surface area contributed by atoms with Gasteiger partial charge in [0.1, 0.15) is 0 Å². The minimum absolute atomic E-state index is 0.220. The van der Waals surface area contributed by atoms with Crippen molar-refractivity contribution in [2.24, 2.45) is 0 Å². The number of hydrogen-bond acceptors (Lipinski definition) is 3. The Morgan fingerprint density at radius 1 is 1.20 bits per heavy atom. The Balaban J connectivity index is 3.56. The van der Waals surface area contributed by atoms with Crippen LogP contribution in [0.5, 0.6) is 0 Å². The molecule has 1 N–H and O–H groups in total. The van der Waals surface area contributed by atoms with Gasteiger partial charge in [-0.3, -0.25) is 0 Å². The van der Waals surface area contributed by atoms with Crippen molar-refractivity contribution in [3.8, 4) is 0 Å². The molecule has 0 heterocycles. The summed E-state index contributed by atoms with van der Waals surface area (Å²) in [6.07, 6.45) is 3.69. The number of rotatable bonds is 8. The predicted molar refractivity (Wildman–Crippen MR) is 59.8 cm³/mol. The molecule has 0 spiro atoms. The van der Waals surface area contributed by atoms with Crippen molar-refractivity contribution >= 4 is 6.09 Å². The predicted octanol–water partition coefficient (Wildman–Crippen LogP) is 2.02. The maximum Gasteiger partial charge on any atom is 0.409 e. The van der Waals surface area contributed by atoms with Gasteiger partial charge >= 0.3 is 6.09 Å². The van der Waals surface area contributed by atoms with Crippen molar-refractivity contribution in [3.63, 3.8) is 0 Å². The van der Waals surface area contributed by atoms with Crippen LogP contribution in [0.1, 0.15) is 39.5 Å². The maximum atomic E-state index is 11.4. The van der Waals surface area contributed by atoms with Gasteiger partial charge in [-0.1, -0.05) is 12.8 Å². The van der Waals surface area contributed by atoms with Gasteiger partial charge < -0.3 is 14.7 Å². The fraction of sp³-hybridized carbons (Fsp3) is 0.909. The normalized spacial score (nSPS) is 10.1. The van der Waals surface area contributed by atoms with Gasteiger partial charge in [0.05, 0.1) is 6.61 Å². The fourth-order valence-corrected chi connectivity index (χ4v) is 1.36. The monoisotopic (exact) mass is 217 g/mol. The highest BCUT2D eigenvalue weighted by Crippen LogP contribution is 2.02. The summed E-state index contributed by atoms with van der Waals surface area (Å²) in [5.41, 5.74) is 0. The third-order valence-electron chi connectivity index (χ3n) is 2.24. The molecule has 0 fully saturated rings. The summed E-state index contributed by atoms with van der Waals surface area (Å²) in [6, 6.07) is 0. The van der Waals surface area contributed by atoms with Crippen LogP contribution in [0.2, 0.25) is 0 Å². The second-order valence-electron chi connectivity index (χ2n) is 3.42. The summed E-state index contributed by atoms with van der Waals surface area (Å²) in [7, 11) is 0. The van der Waals surface area contributed by atoms with Crippen LogP contribution < -0.4 is 0 Å². The SMILES string of the molecule is CCOC(=O)N(CC)CCCCCCO. The number of aliphatic hydroxyl groups excluding tert-OH is 1. The Hall–Kier alpha value is -0.770. The molecule has 0 radical (unpaired) electrons. The number of ether oxygens (including phenoxy) is 1. The first-order chi connectivity index (χ1) is 7.26. The van der Waals surface area contributed by atoms with Crippen LogP contribution in [0.25, 0.3) is 0 Å². The first-order valence-electron chi connectivity index (χ1n) is 5.78. The minimum atomic E-state index is -0.220. The molecule has 0 bridgehead atoms. The van der Waals surface area contributed by atoms with Gasteiger partial charge in [0.25, 0.3) is 0 Å². The molecule has 0 atom stereocenters. The fourth-order valence-electron chi connectivity index (χ4n) is 1.36. The summed E-state index contributed by atoms with van der Waals surface area (Å²) >= 11 is 0. The van der Waals surface area contributed by atoms with Crippen LogP contribution in [0, 0.1) is 0 Å². The molecule has 0 aromatic heterocycles. The van der Waals surface area contributed by atoms with Gasteiger partial charge in [-0.15, -0.1) is 0 Å². The number of hydrogen-bond donors (Lipinski definition) is 1. The van der Waals surface area contributed by atoms with Crippen molar-refractivity contribution in [1.82, 2.24) is 4.90 Å². The lowest BCUT2D eigenvalue weighted by molar-refractivity contribution is 0.108. The van der Waals surface area contributed by atoms with E-state index in [1.807, 2.05) is 13.8 Å². The number of carbonyl (C=O) groups excluding carboxylic acids is 1. The molecule has 4 heteroatoms. The average Bonchev–Trinajstić information content (AvgIpc) is 2.23. The van der Waals surface area contributed by atoms with Crippen LogP contribution in [-0.2, 0) is 4.74 Å². The van der Waals surface area contributed by atoms with Crippen LogP contribution in [0.4, 0.5) is 4.79 Å². The van der Waals surface area contributed by atoms with Gasteiger partial charge in [0.15, 0.2) is 0 Å². The first-order valence-corrected chi connectivity index (χ1v) is 5.78. The number of unbranched alkanes of at least 4 members (excludes halogenated alkanes) is 3. The molecule has 0 saturated heterocycles. The molecule has 0 saturated carbocycles. The molecular weight excluding hydrogens is 194 g/mol. The Morgan fingerprint density at radius 3 is 2.40 bits per heavy atom. The Bertz CT molecular complexity index is 162. The van der Waals surface area contributed by atoms with E-state index in [0.717, 1.165) is 32.2 Å². The van der Waals surface area contributed by atoms with Crippen LogP contribution in [-0.4, -0.2) is 42.4 Å². The molecule has 4 nitrogen and oxygen atoms in total. The van der Waals surface area contributed by atoms with Gasteiger partial charge in [-0.2, -0.15) is 0 Å². The molecule has 0 rings (SSSR count). The van der Waals surface area contributed by atoms with Crippen molar-refractivity contribution in [1.29, 1.82) is 0 Å². The Labute approximate surface area is 92.2 Å². The van der Waals surface area contributed by atoms with Gasteiger partial charge in [0.2, 0.25) is 0 Å². The third-order valence-corrected chi connectivity index (χ3v) is 2.24. The molecule has 0 unspecified atom stereocenters. The zero-order valence-electron chi connectivity index (χ0n) is 9.87. The average molecular weight is 217 g/mol. The standard InChI is InChI=1S/C11H23NO3/c1-3-12(11(14)15-4-2)9-7-5-6-8-10-13/h13H,3-10H2,1-2H3. The van der Waals surface area contributed by atoms with E-state index in [4.69, 9.17) is 9.84 Å². The van der Waals surface area contributed by atoms with E-state index in [-0.39, 0.29) is 12.7 Å². The number of amides is 1. The van der Waals surface area contributed by atoms with Crippen molar-refractivity contribution < 1.29 is 14.6 Å². The smallest absolute Gasteiger partial charge is 0.409 e. The zero-order valence-corrected chi connectivity index (χ0v) is 9.87. The van der Waals surface area contributed by atoms with E-state index in [2.05, 4.69) is 0 Å². The third kappa shape index (κ3) is 7.19. The van der Waals surface area contributed by atoms with E-state index < -0.39 is 0 Å². The Kier molecular flexibility index (Phi) is 9.27. The van der Waals surface area contributed by atoms with E-state index in [1.54, 1.807) is 4.90 Å². The van der Waals surface area contributed by atoms with Crippen LogP contribution in [0.3, 0.4) is 0 Å². The number of aliphatic hydroxyl groups is 1. The number of nitrogens with zero attached hydrogens (tertiary/aromatic N) is 1. The lowest BCUT2D eigenvalue weighted by Gasteiger charge is -2.19. The van der Waals surface area contributed by atoms with Crippen molar-refractivity contribution in [3.05, 3.63) is 0 Å². The van der Waals surface area contributed by atoms with Gasteiger partial charge in [-0.05, 0) is 26.7 Å². The maximum absolute atomic E-state index is 11.4. The van der Waals surface area contributed by atoms with Crippen LogP contribution in [0.15, 0.2) is 0 Å². The summed E-state index contributed by atoms with van der Waals surface area (Å²) < 4.78 is 4.92. The second-order valence-corrected chi connectivity index (χ2v) is 3.42. The molecule has 0 aliphatic carbocycles. The van der Waals surface area contributed by atoms with Crippen LogP contribution >= 0.6 is 0 Å². The highest BCUT2D eigenvalue weighted by Gasteiger charge is 2.10. The topological polar surface area (TPSA) is 49.8 Å². The Morgan fingerprint density at radius 2 is 1.87 bits per heavy atom. The number of carbonyl (C=O) groups is 1. The molecule has 0 aromatic carbocycles. The molecular formula is C11H23NO3. The summed E-state index contributed by atoms with van der Waals surface area (Å²) in [6.45, 7) is 5.90. The van der Waals surface area contributed by atoms with Crippen molar-refractivity contribution in [2.45, 2.75) is 39.5 Å². The quantitative estimate of drug-likeness (QED) is 0.633. The zero-order chi connectivity index (χ0) is 11.5. The lowest BCUT2D eigenvalue weighted by Crippen LogP contribution is -2.32. The molecule has 15 heavy (non-hydrogen) atoms. The molecule has 0 aliphatic rings. The summed E-state index contributed by atoms with van der Waals surface area (Å²) in [5, 5.41) is 8.59. The first kappa shape index (κ1) is 14.2. The summed E-state index contributed by atoms with van der Waals surface area (Å²) in [4.78, 5) is 13.1. The van der Waals surface area contributed by atoms with E-state index in [1.165, 1.54) is 0 Å². The minimum Gasteiger partial charge on any atom is -0.450 e. The molecule has 1 amide bonds. The van der Waals surface area contributed by atoms with Crippen molar-refractivity contribution in [2.75, 3.05) is 26.3 Å². The highest BCUT2D eigenvalue weighted by molar-refractivity contribution is 5.67. The summed E-state index contributed by atoms with van der Waals surface area (Å²) in [5.74, 6) is 0. The van der Waals surface area contributed by atoms with E-state index >= 15 is 0 Å². The molecule has 90 valence electrons. The largest absolute Gasteiger partial charge is 0.450 e.